The number of amides is 1. The van der Waals surface area contributed by atoms with E-state index in [2.05, 4.69) is 9.52 Å². The molecule has 1 amide bonds. The van der Waals surface area contributed by atoms with Gasteiger partial charge in [-0.05, 0) is 0 Å². The molecule has 2 N–H and O–H groups in total. The van der Waals surface area contributed by atoms with Gasteiger partial charge in [0, 0.05) is 13.6 Å². The summed E-state index contributed by atoms with van der Waals surface area (Å²) in [4.78, 5) is 19.0. The van der Waals surface area contributed by atoms with E-state index in [9.17, 15) is 4.79 Å². The molecule has 3 atom stereocenters. The molecular formula is C8H13N4O2P. The molecule has 0 fully saturated rings. The highest BCUT2D eigenvalue weighted by Crippen LogP contribution is 2.23. The Hall–Kier alpha value is -1.29. The van der Waals surface area contributed by atoms with Crippen molar-refractivity contribution in [3.63, 3.8) is 0 Å². The van der Waals surface area contributed by atoms with Crippen LogP contribution in [0.25, 0.3) is 0 Å². The summed E-state index contributed by atoms with van der Waals surface area (Å²) in [5.41, 5.74) is 5.70. The number of hydrogen-bond donors (Lipinski definition) is 1. The predicted molar refractivity (Wildman–Crippen MR) is 59.0 cm³/mol. The van der Waals surface area contributed by atoms with E-state index >= 15 is 0 Å². The third kappa shape index (κ3) is 1.55. The molecule has 6 nitrogen and oxygen atoms in total. The first kappa shape index (κ1) is 10.2. The molecule has 0 aliphatic carbocycles. The van der Waals surface area contributed by atoms with Crippen molar-refractivity contribution in [2.75, 3.05) is 13.6 Å². The highest BCUT2D eigenvalue weighted by atomic mass is 31.0. The van der Waals surface area contributed by atoms with E-state index in [0.717, 1.165) is 0 Å². The minimum atomic E-state index is -0.411. The quantitative estimate of drug-likeness (QED) is 0.458. The third-order valence-electron chi connectivity index (χ3n) is 2.67. The van der Waals surface area contributed by atoms with Crippen LogP contribution < -0.4 is 5.73 Å². The molecule has 1 unspecified atom stereocenters. The van der Waals surface area contributed by atoms with E-state index in [-0.39, 0.29) is 12.2 Å². The van der Waals surface area contributed by atoms with Crippen molar-refractivity contribution in [2.45, 2.75) is 12.2 Å². The number of nitrogens with zero attached hydrogens (tertiary/aromatic N) is 3. The van der Waals surface area contributed by atoms with Crippen molar-refractivity contribution >= 4 is 21.5 Å². The summed E-state index contributed by atoms with van der Waals surface area (Å²) in [6.45, 7) is 0.499. The van der Waals surface area contributed by atoms with Gasteiger partial charge in [0.05, 0.1) is 15.5 Å². The van der Waals surface area contributed by atoms with Crippen LogP contribution in [-0.2, 0) is 4.52 Å². The fourth-order valence-electron chi connectivity index (χ4n) is 1.81. The van der Waals surface area contributed by atoms with E-state index in [1.807, 2.05) is 33.6 Å². The molecule has 2 aliphatic rings. The van der Waals surface area contributed by atoms with Crippen molar-refractivity contribution in [3.8, 4) is 0 Å². The predicted octanol–water partition coefficient (Wildman–Crippen LogP) is -0.260. The molecule has 0 aromatic carbocycles. The number of fused-ring (bicyclic) bond motifs is 1. The van der Waals surface area contributed by atoms with Crippen LogP contribution >= 0.6 is 9.47 Å². The topological polar surface area (TPSA) is 71.2 Å². The molecule has 0 radical (unpaired) electrons. The number of nitrogens with two attached hydrogens (primary N) is 1. The molecule has 0 bridgehead atoms. The summed E-state index contributed by atoms with van der Waals surface area (Å²) in [6, 6.07) is 0.0165. The van der Waals surface area contributed by atoms with Crippen LogP contribution in [0, 0.1) is 0 Å². The van der Waals surface area contributed by atoms with Crippen molar-refractivity contribution in [2.24, 2.45) is 10.7 Å². The number of carbonyl (C=O) groups is 1. The van der Waals surface area contributed by atoms with E-state index < -0.39 is 6.09 Å². The van der Waals surface area contributed by atoms with Crippen molar-refractivity contribution in [1.82, 2.24) is 9.80 Å². The van der Waals surface area contributed by atoms with E-state index in [1.54, 1.807) is 0 Å². The first-order chi connectivity index (χ1) is 7.15. The number of guanidine groups is 1. The zero-order valence-electron chi connectivity index (χ0n) is 8.33. The van der Waals surface area contributed by atoms with Gasteiger partial charge in [-0.15, -0.1) is 0 Å². The van der Waals surface area contributed by atoms with Gasteiger partial charge in [0.15, 0.2) is 12.1 Å². The Morgan fingerprint density at radius 2 is 2.53 bits per heavy atom. The van der Waals surface area contributed by atoms with Crippen LogP contribution in [0.1, 0.15) is 0 Å². The molecular weight excluding hydrogens is 215 g/mol. The summed E-state index contributed by atoms with van der Waals surface area (Å²) < 4.78 is 4.61. The van der Waals surface area contributed by atoms with Gasteiger partial charge in [-0.3, -0.25) is 4.90 Å². The standard InChI is InChI=1S/C8H13N4O2P/c1-11-5-3-2-4-12(8(13)14-15)6(5)10-7(11)9/h2-3,5-6H,4,15H2,1H3,(H2,9,10)/t5-,6+/m1/s1. The largest absolute Gasteiger partial charge is 0.435 e. The van der Waals surface area contributed by atoms with E-state index in [0.29, 0.717) is 12.5 Å². The summed E-state index contributed by atoms with van der Waals surface area (Å²) in [6.07, 6.45) is 3.23. The number of carbonyl (C=O) groups excluding carboxylic acids is 1. The lowest BCUT2D eigenvalue weighted by Gasteiger charge is -2.33. The summed E-state index contributed by atoms with van der Waals surface area (Å²) in [5.74, 6) is 0.443. The van der Waals surface area contributed by atoms with Gasteiger partial charge in [-0.2, -0.15) is 0 Å². The summed E-state index contributed by atoms with van der Waals surface area (Å²) in [5, 5.41) is 0. The second kappa shape index (κ2) is 3.70. The van der Waals surface area contributed by atoms with E-state index in [1.165, 1.54) is 4.90 Å². The fourth-order valence-corrected chi connectivity index (χ4v) is 1.95. The van der Waals surface area contributed by atoms with Crippen LogP contribution in [0.3, 0.4) is 0 Å². The zero-order valence-corrected chi connectivity index (χ0v) is 9.48. The first-order valence-corrected chi connectivity index (χ1v) is 5.02. The van der Waals surface area contributed by atoms with E-state index in [4.69, 9.17) is 5.73 Å². The number of likely N-dealkylation sites (N-methyl/N-ethyl adjacent to an activating group) is 1. The van der Waals surface area contributed by atoms with Crippen LogP contribution in [0.5, 0.6) is 0 Å². The smallest absolute Gasteiger partial charge is 0.414 e. The first-order valence-electron chi connectivity index (χ1n) is 4.55. The minimum Gasteiger partial charge on any atom is -0.435 e. The molecule has 2 rings (SSSR count). The average molecular weight is 228 g/mol. The highest BCUT2D eigenvalue weighted by molar-refractivity contribution is 7.10. The third-order valence-corrected chi connectivity index (χ3v) is 2.87. The number of aliphatic imine (C=N–C) groups is 1. The normalized spacial score (nSPS) is 28.8. The Balaban J connectivity index is 2.25. The second-order valence-corrected chi connectivity index (χ2v) is 3.70. The Labute approximate surface area is 90.0 Å². The van der Waals surface area contributed by atoms with Crippen molar-refractivity contribution in [3.05, 3.63) is 12.2 Å². The molecule has 2 aliphatic heterocycles. The SMILES string of the molecule is CN1C(N)=N[C@@H]2[C@H]1C=CCN2C(=O)OP. The maximum atomic E-state index is 11.4. The van der Waals surface area contributed by atoms with Gasteiger partial charge >= 0.3 is 6.09 Å². The number of rotatable bonds is 0. The zero-order chi connectivity index (χ0) is 11.0. The highest BCUT2D eigenvalue weighted by Gasteiger charge is 2.39. The Kier molecular flexibility index (Phi) is 2.52. The van der Waals surface area contributed by atoms with Gasteiger partial charge in [0.25, 0.3) is 0 Å². The van der Waals surface area contributed by atoms with Crippen LogP contribution in [0.2, 0.25) is 0 Å². The molecule has 0 saturated heterocycles. The van der Waals surface area contributed by atoms with Crippen LogP contribution in [0.15, 0.2) is 17.1 Å². The lowest BCUT2D eigenvalue weighted by molar-refractivity contribution is 0.131. The monoisotopic (exact) mass is 228 g/mol. The number of hydrogen-bond acceptors (Lipinski definition) is 5. The molecule has 2 heterocycles. The molecule has 15 heavy (non-hydrogen) atoms. The van der Waals surface area contributed by atoms with Gasteiger partial charge in [-0.25, -0.2) is 9.79 Å². The molecule has 7 heteroatoms. The summed E-state index contributed by atoms with van der Waals surface area (Å²) in [7, 11) is 3.79. The maximum Gasteiger partial charge on any atom is 0.414 e. The summed E-state index contributed by atoms with van der Waals surface area (Å²) >= 11 is 0. The Bertz CT molecular complexity index is 344. The van der Waals surface area contributed by atoms with Crippen molar-refractivity contribution in [1.29, 1.82) is 0 Å². The van der Waals surface area contributed by atoms with Crippen LogP contribution in [-0.4, -0.2) is 47.7 Å². The Morgan fingerprint density at radius 1 is 1.80 bits per heavy atom. The Morgan fingerprint density at radius 3 is 3.20 bits per heavy atom. The van der Waals surface area contributed by atoms with Crippen LogP contribution in [0.4, 0.5) is 4.79 Å². The van der Waals surface area contributed by atoms with Crippen molar-refractivity contribution < 1.29 is 9.32 Å². The van der Waals surface area contributed by atoms with Gasteiger partial charge in [0.2, 0.25) is 0 Å². The molecule has 0 spiro atoms. The average Bonchev–Trinajstić information content (AvgIpc) is 2.54. The molecule has 82 valence electrons. The minimum absolute atomic E-state index is 0.0165. The lowest BCUT2D eigenvalue weighted by atomic mass is 10.1. The van der Waals surface area contributed by atoms with Gasteiger partial charge < -0.3 is 15.2 Å². The molecule has 0 aromatic heterocycles. The maximum absolute atomic E-state index is 11.4. The van der Waals surface area contributed by atoms with Gasteiger partial charge in [-0.1, -0.05) is 12.2 Å². The lowest BCUT2D eigenvalue weighted by Crippen LogP contribution is -2.50. The molecule has 0 saturated carbocycles. The molecule has 0 aromatic rings. The fraction of sp³-hybridized carbons (Fsp3) is 0.500. The van der Waals surface area contributed by atoms with Gasteiger partial charge in [0.1, 0.15) is 0 Å². The second-order valence-electron chi connectivity index (χ2n) is 3.47.